The Kier molecular flexibility index (Phi) is 3.85. The fraction of sp³-hybridized carbons (Fsp3) is 0.818. The smallest absolute Gasteiger partial charge is 0.304 e. The zero-order valence-electron chi connectivity index (χ0n) is 9.28. The second kappa shape index (κ2) is 4.75. The third-order valence-corrected chi connectivity index (χ3v) is 2.85. The summed E-state index contributed by atoms with van der Waals surface area (Å²) in [6, 6.07) is 0. The van der Waals surface area contributed by atoms with Gasteiger partial charge in [-0.05, 0) is 12.8 Å². The predicted octanol–water partition coefficient (Wildman–Crippen LogP) is 1.48. The van der Waals surface area contributed by atoms with Crippen molar-refractivity contribution in [3.8, 4) is 0 Å². The maximum absolute atomic E-state index is 12.0. The molecule has 0 saturated carbocycles. The molecule has 0 radical (unpaired) electrons. The van der Waals surface area contributed by atoms with Gasteiger partial charge in [0.15, 0.2) is 0 Å². The van der Waals surface area contributed by atoms with Gasteiger partial charge >= 0.3 is 5.97 Å². The highest BCUT2D eigenvalue weighted by atomic mass is 16.5. The van der Waals surface area contributed by atoms with Crippen molar-refractivity contribution >= 4 is 11.8 Å². The normalized spacial score (nSPS) is 18.8. The maximum atomic E-state index is 12.0. The van der Waals surface area contributed by atoms with Crippen LogP contribution in [-0.4, -0.2) is 30.1 Å². The van der Waals surface area contributed by atoms with Gasteiger partial charge in [-0.15, -0.1) is 0 Å². The molecule has 15 heavy (non-hydrogen) atoms. The Labute approximate surface area is 89.6 Å². The monoisotopic (exact) mass is 214 g/mol. The van der Waals surface area contributed by atoms with Crippen LogP contribution in [0.2, 0.25) is 0 Å². The van der Waals surface area contributed by atoms with Crippen LogP contribution in [0.5, 0.6) is 0 Å². The molecule has 4 heteroatoms. The Bertz CT molecular complexity index is 251. The summed E-state index contributed by atoms with van der Waals surface area (Å²) < 4.78 is 5.18. The first-order valence-electron chi connectivity index (χ1n) is 5.27. The van der Waals surface area contributed by atoms with E-state index in [0.717, 1.165) is 12.8 Å². The SMILES string of the molecule is CC(C)(CC(=O)O)C(=O)C1CCOCC1. The minimum Gasteiger partial charge on any atom is -0.481 e. The number of ketones is 1. The van der Waals surface area contributed by atoms with E-state index in [9.17, 15) is 9.59 Å². The summed E-state index contributed by atoms with van der Waals surface area (Å²) in [5, 5.41) is 8.72. The molecule has 0 aromatic carbocycles. The first-order chi connectivity index (χ1) is 6.93. The van der Waals surface area contributed by atoms with E-state index >= 15 is 0 Å². The van der Waals surface area contributed by atoms with Crippen LogP contribution in [-0.2, 0) is 14.3 Å². The van der Waals surface area contributed by atoms with Crippen LogP contribution in [0.25, 0.3) is 0 Å². The van der Waals surface area contributed by atoms with Gasteiger partial charge in [-0.2, -0.15) is 0 Å². The van der Waals surface area contributed by atoms with E-state index in [2.05, 4.69) is 0 Å². The molecule has 0 spiro atoms. The number of rotatable bonds is 4. The van der Waals surface area contributed by atoms with E-state index < -0.39 is 11.4 Å². The van der Waals surface area contributed by atoms with Crippen LogP contribution in [0.15, 0.2) is 0 Å². The first-order valence-corrected chi connectivity index (χ1v) is 5.27. The Hall–Kier alpha value is -0.900. The number of carbonyl (C=O) groups excluding carboxylic acids is 1. The highest BCUT2D eigenvalue weighted by Crippen LogP contribution is 2.30. The highest BCUT2D eigenvalue weighted by Gasteiger charge is 2.35. The number of ether oxygens (including phenoxy) is 1. The van der Waals surface area contributed by atoms with Crippen molar-refractivity contribution in [3.63, 3.8) is 0 Å². The average molecular weight is 214 g/mol. The summed E-state index contributed by atoms with van der Waals surface area (Å²) in [6.07, 6.45) is 1.35. The molecule has 1 N–H and O–H groups in total. The number of carbonyl (C=O) groups is 2. The molecule has 1 aliphatic rings. The molecule has 1 aliphatic heterocycles. The van der Waals surface area contributed by atoms with Crippen LogP contribution >= 0.6 is 0 Å². The summed E-state index contributed by atoms with van der Waals surface area (Å²) in [7, 11) is 0. The van der Waals surface area contributed by atoms with Crippen LogP contribution in [0.1, 0.15) is 33.1 Å². The number of Topliss-reactive ketones (excluding diaryl/α,β-unsaturated/α-hetero) is 1. The van der Waals surface area contributed by atoms with Gasteiger partial charge in [-0.1, -0.05) is 13.8 Å². The molecule has 4 nitrogen and oxygen atoms in total. The highest BCUT2D eigenvalue weighted by molar-refractivity contribution is 5.89. The first kappa shape index (κ1) is 12.2. The molecular formula is C11H18O4. The number of carboxylic acids is 1. The summed E-state index contributed by atoms with van der Waals surface area (Å²) in [4.78, 5) is 22.7. The van der Waals surface area contributed by atoms with Crippen molar-refractivity contribution < 1.29 is 19.4 Å². The lowest BCUT2D eigenvalue weighted by atomic mass is 9.76. The van der Waals surface area contributed by atoms with Crippen molar-refractivity contribution in [2.75, 3.05) is 13.2 Å². The lowest BCUT2D eigenvalue weighted by molar-refractivity contribution is -0.145. The van der Waals surface area contributed by atoms with E-state index in [1.807, 2.05) is 0 Å². The number of carboxylic acid groups (broad SMARTS) is 1. The summed E-state index contributed by atoms with van der Waals surface area (Å²) in [5.74, 6) is -0.873. The molecule has 0 amide bonds. The summed E-state index contributed by atoms with van der Waals surface area (Å²) in [5.41, 5.74) is -0.756. The van der Waals surface area contributed by atoms with Gasteiger partial charge in [-0.3, -0.25) is 9.59 Å². The van der Waals surface area contributed by atoms with E-state index in [0.29, 0.717) is 13.2 Å². The maximum Gasteiger partial charge on any atom is 0.304 e. The Morgan fingerprint density at radius 1 is 1.33 bits per heavy atom. The second-order valence-electron chi connectivity index (χ2n) is 4.71. The van der Waals surface area contributed by atoms with Gasteiger partial charge in [0.1, 0.15) is 5.78 Å². The largest absolute Gasteiger partial charge is 0.481 e. The van der Waals surface area contributed by atoms with Gasteiger partial charge in [0.2, 0.25) is 0 Å². The van der Waals surface area contributed by atoms with Crippen molar-refractivity contribution in [2.24, 2.45) is 11.3 Å². The summed E-state index contributed by atoms with van der Waals surface area (Å²) >= 11 is 0. The molecular weight excluding hydrogens is 196 g/mol. The topological polar surface area (TPSA) is 63.6 Å². The van der Waals surface area contributed by atoms with Gasteiger partial charge in [0.05, 0.1) is 6.42 Å². The zero-order valence-corrected chi connectivity index (χ0v) is 9.28. The Morgan fingerprint density at radius 2 is 1.87 bits per heavy atom. The molecule has 0 atom stereocenters. The molecule has 1 saturated heterocycles. The lowest BCUT2D eigenvalue weighted by Crippen LogP contribution is -2.35. The Balaban J connectivity index is 2.60. The average Bonchev–Trinajstić information content (AvgIpc) is 2.16. The van der Waals surface area contributed by atoms with Gasteiger partial charge < -0.3 is 9.84 Å². The molecule has 0 bridgehead atoms. The minimum atomic E-state index is -0.916. The standard InChI is InChI=1S/C11H18O4/c1-11(2,7-9(12)13)10(14)8-3-5-15-6-4-8/h8H,3-7H2,1-2H3,(H,12,13). The van der Waals surface area contributed by atoms with Crippen molar-refractivity contribution in [1.29, 1.82) is 0 Å². The molecule has 1 rings (SSSR count). The van der Waals surface area contributed by atoms with E-state index in [-0.39, 0.29) is 18.1 Å². The predicted molar refractivity (Wildman–Crippen MR) is 54.6 cm³/mol. The van der Waals surface area contributed by atoms with Gasteiger partial charge in [0.25, 0.3) is 0 Å². The zero-order chi connectivity index (χ0) is 11.5. The number of hydrogen-bond donors (Lipinski definition) is 1. The Morgan fingerprint density at radius 3 is 2.33 bits per heavy atom. The second-order valence-corrected chi connectivity index (χ2v) is 4.71. The van der Waals surface area contributed by atoms with Crippen LogP contribution < -0.4 is 0 Å². The van der Waals surface area contributed by atoms with Gasteiger partial charge in [0, 0.05) is 24.5 Å². The van der Waals surface area contributed by atoms with Crippen molar-refractivity contribution in [2.45, 2.75) is 33.1 Å². The van der Waals surface area contributed by atoms with Crippen LogP contribution in [0.3, 0.4) is 0 Å². The third kappa shape index (κ3) is 3.30. The van der Waals surface area contributed by atoms with Crippen molar-refractivity contribution in [3.05, 3.63) is 0 Å². The molecule has 0 aliphatic carbocycles. The lowest BCUT2D eigenvalue weighted by Gasteiger charge is -2.29. The number of aliphatic carboxylic acids is 1. The van der Waals surface area contributed by atoms with Crippen LogP contribution in [0.4, 0.5) is 0 Å². The quantitative estimate of drug-likeness (QED) is 0.770. The minimum absolute atomic E-state index is 0.0203. The van der Waals surface area contributed by atoms with E-state index in [4.69, 9.17) is 9.84 Å². The van der Waals surface area contributed by atoms with E-state index in [1.54, 1.807) is 13.8 Å². The summed E-state index contributed by atoms with van der Waals surface area (Å²) in [6.45, 7) is 4.64. The molecule has 86 valence electrons. The molecule has 0 aromatic rings. The fourth-order valence-electron chi connectivity index (χ4n) is 1.98. The van der Waals surface area contributed by atoms with Gasteiger partial charge in [-0.25, -0.2) is 0 Å². The fourth-order valence-corrected chi connectivity index (χ4v) is 1.98. The van der Waals surface area contributed by atoms with E-state index in [1.165, 1.54) is 0 Å². The number of hydrogen-bond acceptors (Lipinski definition) is 3. The van der Waals surface area contributed by atoms with Crippen molar-refractivity contribution in [1.82, 2.24) is 0 Å². The molecule has 0 aromatic heterocycles. The molecule has 1 fully saturated rings. The molecule has 1 heterocycles. The van der Waals surface area contributed by atoms with Crippen LogP contribution in [0, 0.1) is 11.3 Å². The third-order valence-electron chi connectivity index (χ3n) is 2.85. The molecule has 0 unspecified atom stereocenters.